The van der Waals surface area contributed by atoms with Gasteiger partial charge in [-0.2, -0.15) is 4.98 Å². The molecule has 1 aliphatic rings. The smallest absolute Gasteiger partial charge is 0.221 e. The van der Waals surface area contributed by atoms with Crippen molar-refractivity contribution in [3.8, 4) is 5.88 Å². The van der Waals surface area contributed by atoms with Crippen molar-refractivity contribution >= 4 is 5.82 Å². The molecule has 1 aromatic heterocycles. The molecule has 0 bridgehead atoms. The molecule has 0 saturated carbocycles. The highest BCUT2D eigenvalue weighted by atomic mass is 16.5. The van der Waals surface area contributed by atoms with Gasteiger partial charge in [0.05, 0.1) is 5.56 Å². The first kappa shape index (κ1) is 13.0. The number of nitrogens with zero attached hydrogens (tertiary/aromatic N) is 3. The number of aryl methyl sites for hydroxylation is 1. The fraction of sp³-hybridized carbons (Fsp3) is 0.667. The summed E-state index contributed by atoms with van der Waals surface area (Å²) in [5, 5.41) is 0. The molecule has 0 amide bonds. The van der Waals surface area contributed by atoms with Crippen LogP contribution in [0.25, 0.3) is 0 Å². The minimum Gasteiger partial charge on any atom is -0.476 e. The molecule has 1 fully saturated rings. The standard InChI is InChI=1S/C12H21N5O/c1-9-11(16-13)14-10(2)15-12(9)18-8-7-17-5-3-4-6-17/h3-8,13H2,1-2H3,(H,14,15,16). The third-order valence-corrected chi connectivity index (χ3v) is 3.19. The Balaban J connectivity index is 1.93. The van der Waals surface area contributed by atoms with Gasteiger partial charge in [-0.3, -0.25) is 4.90 Å². The van der Waals surface area contributed by atoms with Crippen LogP contribution in [-0.2, 0) is 0 Å². The minimum atomic E-state index is 0.620. The van der Waals surface area contributed by atoms with Gasteiger partial charge < -0.3 is 10.2 Å². The van der Waals surface area contributed by atoms with Gasteiger partial charge in [0.25, 0.3) is 0 Å². The summed E-state index contributed by atoms with van der Waals surface area (Å²) in [7, 11) is 0. The van der Waals surface area contributed by atoms with Crippen molar-refractivity contribution in [1.29, 1.82) is 0 Å². The average Bonchev–Trinajstić information content (AvgIpc) is 2.86. The number of ether oxygens (including phenoxy) is 1. The van der Waals surface area contributed by atoms with E-state index in [-0.39, 0.29) is 0 Å². The minimum absolute atomic E-state index is 0.620. The van der Waals surface area contributed by atoms with Gasteiger partial charge in [0.1, 0.15) is 18.2 Å². The number of hydrazine groups is 1. The number of nitrogens with two attached hydrogens (primary N) is 1. The molecule has 2 heterocycles. The second kappa shape index (κ2) is 5.97. The molecule has 0 radical (unpaired) electrons. The first-order valence-corrected chi connectivity index (χ1v) is 6.37. The Kier molecular flexibility index (Phi) is 4.33. The van der Waals surface area contributed by atoms with E-state index in [1.807, 2.05) is 13.8 Å². The van der Waals surface area contributed by atoms with Crippen LogP contribution < -0.4 is 16.0 Å². The summed E-state index contributed by atoms with van der Waals surface area (Å²) in [4.78, 5) is 10.9. The molecule has 3 N–H and O–H groups in total. The average molecular weight is 251 g/mol. The van der Waals surface area contributed by atoms with E-state index >= 15 is 0 Å². The number of hydrogen-bond donors (Lipinski definition) is 2. The van der Waals surface area contributed by atoms with Crippen LogP contribution in [0.1, 0.15) is 24.2 Å². The number of hydrogen-bond acceptors (Lipinski definition) is 6. The number of rotatable bonds is 5. The molecule has 0 spiro atoms. The van der Waals surface area contributed by atoms with Gasteiger partial charge in [0, 0.05) is 6.54 Å². The Labute approximate surface area is 108 Å². The van der Waals surface area contributed by atoms with Crippen molar-refractivity contribution in [2.45, 2.75) is 26.7 Å². The van der Waals surface area contributed by atoms with Gasteiger partial charge in [-0.1, -0.05) is 0 Å². The second-order valence-electron chi connectivity index (χ2n) is 4.59. The zero-order chi connectivity index (χ0) is 13.0. The summed E-state index contributed by atoms with van der Waals surface area (Å²) < 4.78 is 5.73. The van der Waals surface area contributed by atoms with Gasteiger partial charge >= 0.3 is 0 Å². The van der Waals surface area contributed by atoms with Crippen molar-refractivity contribution in [3.63, 3.8) is 0 Å². The van der Waals surface area contributed by atoms with E-state index in [1.165, 1.54) is 25.9 Å². The summed E-state index contributed by atoms with van der Waals surface area (Å²) in [6, 6.07) is 0. The number of nitrogen functional groups attached to an aromatic ring is 1. The van der Waals surface area contributed by atoms with E-state index in [2.05, 4.69) is 20.3 Å². The van der Waals surface area contributed by atoms with Crippen LogP contribution in [0.3, 0.4) is 0 Å². The lowest BCUT2D eigenvalue weighted by Gasteiger charge is -2.16. The number of aromatic nitrogens is 2. The maximum atomic E-state index is 5.73. The highest BCUT2D eigenvalue weighted by Gasteiger charge is 2.13. The van der Waals surface area contributed by atoms with E-state index in [9.17, 15) is 0 Å². The van der Waals surface area contributed by atoms with Crippen LogP contribution in [0, 0.1) is 13.8 Å². The van der Waals surface area contributed by atoms with Gasteiger partial charge in [0.2, 0.25) is 5.88 Å². The van der Waals surface area contributed by atoms with E-state index in [1.54, 1.807) is 0 Å². The first-order chi connectivity index (χ1) is 8.70. The second-order valence-corrected chi connectivity index (χ2v) is 4.59. The molecular formula is C12H21N5O. The number of anilines is 1. The topological polar surface area (TPSA) is 76.3 Å². The van der Waals surface area contributed by atoms with Gasteiger partial charge in [0.15, 0.2) is 0 Å². The molecule has 1 aliphatic heterocycles. The molecule has 0 aliphatic carbocycles. The maximum Gasteiger partial charge on any atom is 0.221 e. The van der Waals surface area contributed by atoms with Crippen LogP contribution >= 0.6 is 0 Å². The van der Waals surface area contributed by atoms with Crippen molar-refractivity contribution in [2.75, 3.05) is 31.7 Å². The normalized spacial score (nSPS) is 15.9. The van der Waals surface area contributed by atoms with E-state index in [0.29, 0.717) is 24.1 Å². The van der Waals surface area contributed by atoms with Crippen LogP contribution in [0.5, 0.6) is 5.88 Å². The zero-order valence-electron chi connectivity index (χ0n) is 11.1. The quantitative estimate of drug-likeness (QED) is 0.597. The molecule has 1 aromatic rings. The SMILES string of the molecule is Cc1nc(NN)c(C)c(OCCN2CCCC2)n1. The lowest BCUT2D eigenvalue weighted by molar-refractivity contribution is 0.230. The molecular weight excluding hydrogens is 230 g/mol. The Bertz CT molecular complexity index is 404. The highest BCUT2D eigenvalue weighted by molar-refractivity contribution is 5.47. The fourth-order valence-electron chi connectivity index (χ4n) is 2.16. The van der Waals surface area contributed by atoms with Gasteiger partial charge in [-0.05, 0) is 39.8 Å². The monoisotopic (exact) mass is 251 g/mol. The Morgan fingerprint density at radius 2 is 2.00 bits per heavy atom. The molecule has 6 nitrogen and oxygen atoms in total. The predicted molar refractivity (Wildman–Crippen MR) is 70.5 cm³/mol. The molecule has 0 aromatic carbocycles. The summed E-state index contributed by atoms with van der Waals surface area (Å²) in [6.45, 7) is 7.70. The van der Waals surface area contributed by atoms with Gasteiger partial charge in [-0.15, -0.1) is 0 Å². The zero-order valence-corrected chi connectivity index (χ0v) is 11.1. The Hall–Kier alpha value is -1.40. The molecule has 100 valence electrons. The molecule has 2 rings (SSSR count). The molecule has 0 atom stereocenters. The van der Waals surface area contributed by atoms with Crippen molar-refractivity contribution in [1.82, 2.24) is 14.9 Å². The predicted octanol–water partition coefficient (Wildman–Crippen LogP) is 0.854. The first-order valence-electron chi connectivity index (χ1n) is 6.37. The third kappa shape index (κ3) is 3.08. The molecule has 18 heavy (non-hydrogen) atoms. The third-order valence-electron chi connectivity index (χ3n) is 3.19. The van der Waals surface area contributed by atoms with Crippen molar-refractivity contribution in [2.24, 2.45) is 5.84 Å². The number of nitrogens with one attached hydrogen (secondary N) is 1. The van der Waals surface area contributed by atoms with Crippen LogP contribution in [-0.4, -0.2) is 41.1 Å². The van der Waals surface area contributed by atoms with E-state index in [0.717, 1.165) is 12.1 Å². The summed E-state index contributed by atoms with van der Waals surface area (Å²) in [5.74, 6) is 7.31. The van der Waals surface area contributed by atoms with E-state index < -0.39 is 0 Å². The van der Waals surface area contributed by atoms with Crippen molar-refractivity contribution < 1.29 is 4.74 Å². The van der Waals surface area contributed by atoms with Crippen molar-refractivity contribution in [3.05, 3.63) is 11.4 Å². The molecule has 1 saturated heterocycles. The van der Waals surface area contributed by atoms with Gasteiger partial charge in [-0.25, -0.2) is 10.8 Å². The van der Waals surface area contributed by atoms with Crippen LogP contribution in [0.4, 0.5) is 5.82 Å². The Morgan fingerprint density at radius 1 is 1.28 bits per heavy atom. The van der Waals surface area contributed by atoms with E-state index in [4.69, 9.17) is 10.6 Å². The number of likely N-dealkylation sites (tertiary alicyclic amines) is 1. The summed E-state index contributed by atoms with van der Waals surface area (Å²) in [5.41, 5.74) is 3.42. The molecule has 6 heteroatoms. The Morgan fingerprint density at radius 3 is 2.67 bits per heavy atom. The van der Waals surface area contributed by atoms with Crippen LogP contribution in [0.15, 0.2) is 0 Å². The van der Waals surface area contributed by atoms with Crippen LogP contribution in [0.2, 0.25) is 0 Å². The highest BCUT2D eigenvalue weighted by Crippen LogP contribution is 2.21. The lowest BCUT2D eigenvalue weighted by atomic mass is 10.3. The maximum absolute atomic E-state index is 5.73. The summed E-state index contributed by atoms with van der Waals surface area (Å²) in [6.07, 6.45) is 2.60. The molecule has 0 unspecified atom stereocenters. The largest absolute Gasteiger partial charge is 0.476 e. The summed E-state index contributed by atoms with van der Waals surface area (Å²) >= 11 is 0. The fourth-order valence-corrected chi connectivity index (χ4v) is 2.16. The lowest BCUT2D eigenvalue weighted by Crippen LogP contribution is -2.25.